The third kappa shape index (κ3) is 3.58. The van der Waals surface area contributed by atoms with Gasteiger partial charge in [0.15, 0.2) is 0 Å². The van der Waals surface area contributed by atoms with Crippen LogP contribution < -0.4 is 5.32 Å². The lowest BCUT2D eigenvalue weighted by atomic mass is 10.3. The topological polar surface area (TPSA) is 12.0 Å². The van der Waals surface area contributed by atoms with Crippen LogP contribution in [-0.4, -0.2) is 6.04 Å². The molecule has 2 heteroatoms. The molecule has 0 saturated heterocycles. The van der Waals surface area contributed by atoms with Crippen LogP contribution in [0.15, 0.2) is 29.1 Å². The number of hydrogen-bond acceptors (Lipinski definition) is 2. The van der Waals surface area contributed by atoms with Crippen LogP contribution in [0.5, 0.6) is 0 Å². The Hall–Kier alpha value is -0.760. The molecule has 1 aromatic rings. The van der Waals surface area contributed by atoms with Crippen LogP contribution in [0.1, 0.15) is 18.9 Å². The molecule has 1 nitrogen and oxygen atoms in total. The molecule has 1 unspecified atom stereocenters. The molecule has 0 fully saturated rings. The summed E-state index contributed by atoms with van der Waals surface area (Å²) in [5, 5.41) is 7.34. The number of rotatable bonds is 0. The van der Waals surface area contributed by atoms with Crippen molar-refractivity contribution in [2.75, 3.05) is 0 Å². The molecule has 0 spiro atoms. The van der Waals surface area contributed by atoms with Gasteiger partial charge in [-0.2, -0.15) is 11.3 Å². The van der Waals surface area contributed by atoms with Gasteiger partial charge in [-0.05, 0) is 48.9 Å². The molecule has 0 aromatic carbocycles. The van der Waals surface area contributed by atoms with Gasteiger partial charge in [-0.1, -0.05) is 6.08 Å². The highest BCUT2D eigenvalue weighted by atomic mass is 32.1. The second-order valence-electron chi connectivity index (χ2n) is 3.01. The Bertz CT molecular complexity index is 218. The first-order chi connectivity index (χ1) is 5.79. The highest BCUT2D eigenvalue weighted by Crippen LogP contribution is 2.01. The van der Waals surface area contributed by atoms with E-state index in [1.807, 2.05) is 6.20 Å². The van der Waals surface area contributed by atoms with Crippen LogP contribution in [0.2, 0.25) is 0 Å². The van der Waals surface area contributed by atoms with E-state index in [-0.39, 0.29) is 0 Å². The zero-order valence-corrected chi connectivity index (χ0v) is 8.40. The molecule has 0 radical (unpaired) electrons. The van der Waals surface area contributed by atoms with Crippen molar-refractivity contribution in [3.05, 3.63) is 34.7 Å². The van der Waals surface area contributed by atoms with Crippen LogP contribution >= 0.6 is 11.3 Å². The molecule has 1 aliphatic heterocycles. The standard InChI is InChI=1S/C5H9N.C5H6S/c1-5-3-2-4-6-5;1-5-2-3-6-4-5/h2,4-6H,3H2,1H3;2-4H,1H3. The fraction of sp³-hybridized carbons (Fsp3) is 0.400. The Labute approximate surface area is 78.1 Å². The van der Waals surface area contributed by atoms with Crippen LogP contribution in [0, 0.1) is 6.92 Å². The normalized spacial score (nSPS) is 19.7. The van der Waals surface area contributed by atoms with Gasteiger partial charge < -0.3 is 5.32 Å². The maximum Gasteiger partial charge on any atom is 0.0262 e. The Kier molecular flexibility index (Phi) is 3.88. The number of nitrogens with one attached hydrogen (secondary N) is 1. The van der Waals surface area contributed by atoms with E-state index in [0.717, 1.165) is 0 Å². The SMILES string of the molecule is CC1CC=CN1.Cc1ccsc1. The van der Waals surface area contributed by atoms with E-state index >= 15 is 0 Å². The first kappa shape index (κ1) is 9.33. The van der Waals surface area contributed by atoms with Crippen LogP contribution in [0.3, 0.4) is 0 Å². The van der Waals surface area contributed by atoms with E-state index in [1.165, 1.54) is 12.0 Å². The molecule has 66 valence electrons. The van der Waals surface area contributed by atoms with Gasteiger partial charge in [0.1, 0.15) is 0 Å². The van der Waals surface area contributed by atoms with Gasteiger partial charge in [0, 0.05) is 6.04 Å². The van der Waals surface area contributed by atoms with Gasteiger partial charge in [-0.25, -0.2) is 0 Å². The molecule has 1 aliphatic rings. The van der Waals surface area contributed by atoms with Crippen molar-refractivity contribution in [3.63, 3.8) is 0 Å². The predicted octanol–water partition coefficient (Wildman–Crippen LogP) is 2.94. The minimum absolute atomic E-state index is 0.685. The summed E-state index contributed by atoms with van der Waals surface area (Å²) in [6, 6.07) is 2.79. The maximum absolute atomic E-state index is 3.14. The van der Waals surface area contributed by atoms with Crippen molar-refractivity contribution in [2.45, 2.75) is 26.3 Å². The minimum Gasteiger partial charge on any atom is -0.388 e. The van der Waals surface area contributed by atoms with E-state index < -0.39 is 0 Å². The summed E-state index contributed by atoms with van der Waals surface area (Å²) in [6.07, 6.45) is 5.34. The number of hydrogen-bond donors (Lipinski definition) is 1. The molecule has 1 N–H and O–H groups in total. The summed E-state index contributed by atoms with van der Waals surface area (Å²) in [5.41, 5.74) is 1.36. The second kappa shape index (κ2) is 4.99. The predicted molar refractivity (Wildman–Crippen MR) is 55.4 cm³/mol. The molecule has 1 atom stereocenters. The zero-order valence-electron chi connectivity index (χ0n) is 7.58. The fourth-order valence-corrected chi connectivity index (χ4v) is 1.57. The van der Waals surface area contributed by atoms with E-state index in [0.29, 0.717) is 6.04 Å². The highest BCUT2D eigenvalue weighted by Gasteiger charge is 1.97. The van der Waals surface area contributed by atoms with Gasteiger partial charge >= 0.3 is 0 Å². The molecular formula is C10H15NS. The first-order valence-corrected chi connectivity index (χ1v) is 5.13. The summed E-state index contributed by atoms with van der Waals surface area (Å²) >= 11 is 1.74. The smallest absolute Gasteiger partial charge is 0.0262 e. The summed E-state index contributed by atoms with van der Waals surface area (Å²) in [5.74, 6) is 0. The zero-order chi connectivity index (χ0) is 8.81. The Morgan fingerprint density at radius 2 is 2.42 bits per heavy atom. The average Bonchev–Trinajstić information content (AvgIpc) is 2.63. The second-order valence-corrected chi connectivity index (χ2v) is 3.79. The molecule has 1 aromatic heterocycles. The molecular weight excluding hydrogens is 166 g/mol. The molecule has 2 heterocycles. The summed E-state index contributed by atoms with van der Waals surface area (Å²) in [4.78, 5) is 0. The van der Waals surface area contributed by atoms with Gasteiger partial charge in [-0.15, -0.1) is 0 Å². The molecule has 0 bridgehead atoms. The largest absolute Gasteiger partial charge is 0.388 e. The summed E-state index contributed by atoms with van der Waals surface area (Å²) in [7, 11) is 0. The molecule has 2 rings (SSSR count). The quantitative estimate of drug-likeness (QED) is 0.649. The fourth-order valence-electron chi connectivity index (χ4n) is 0.905. The van der Waals surface area contributed by atoms with E-state index in [9.17, 15) is 0 Å². The van der Waals surface area contributed by atoms with E-state index in [4.69, 9.17) is 0 Å². The Morgan fingerprint density at radius 1 is 1.58 bits per heavy atom. The number of aryl methyl sites for hydroxylation is 1. The first-order valence-electron chi connectivity index (χ1n) is 4.19. The van der Waals surface area contributed by atoms with Crippen LogP contribution in [0.4, 0.5) is 0 Å². The van der Waals surface area contributed by atoms with Crippen LogP contribution in [0.25, 0.3) is 0 Å². The Morgan fingerprint density at radius 3 is 2.58 bits per heavy atom. The number of thiophene rings is 1. The van der Waals surface area contributed by atoms with E-state index in [2.05, 4.69) is 42.1 Å². The Balaban J connectivity index is 0.000000120. The van der Waals surface area contributed by atoms with E-state index in [1.54, 1.807) is 11.3 Å². The molecule has 12 heavy (non-hydrogen) atoms. The van der Waals surface area contributed by atoms with Crippen LogP contribution in [-0.2, 0) is 0 Å². The lowest BCUT2D eigenvalue weighted by Crippen LogP contribution is -2.12. The molecule has 0 amide bonds. The maximum atomic E-state index is 3.14. The summed E-state index contributed by atoms with van der Waals surface area (Å²) < 4.78 is 0. The van der Waals surface area contributed by atoms with Crippen molar-refractivity contribution in [2.24, 2.45) is 0 Å². The van der Waals surface area contributed by atoms with Crippen molar-refractivity contribution >= 4 is 11.3 Å². The van der Waals surface area contributed by atoms with Gasteiger partial charge in [0.2, 0.25) is 0 Å². The highest BCUT2D eigenvalue weighted by molar-refractivity contribution is 7.07. The lowest BCUT2D eigenvalue weighted by molar-refractivity contribution is 0.690. The monoisotopic (exact) mass is 181 g/mol. The third-order valence-electron chi connectivity index (χ3n) is 1.65. The van der Waals surface area contributed by atoms with Crippen molar-refractivity contribution in [1.82, 2.24) is 5.32 Å². The van der Waals surface area contributed by atoms with Crippen molar-refractivity contribution in [3.8, 4) is 0 Å². The van der Waals surface area contributed by atoms with Crippen molar-refractivity contribution < 1.29 is 0 Å². The average molecular weight is 181 g/mol. The minimum atomic E-state index is 0.685. The lowest BCUT2D eigenvalue weighted by Gasteiger charge is -1.97. The van der Waals surface area contributed by atoms with Gasteiger partial charge in [0.25, 0.3) is 0 Å². The molecule has 0 saturated carbocycles. The third-order valence-corrected chi connectivity index (χ3v) is 2.45. The van der Waals surface area contributed by atoms with Crippen molar-refractivity contribution in [1.29, 1.82) is 0 Å². The van der Waals surface area contributed by atoms with Gasteiger partial charge in [-0.3, -0.25) is 0 Å². The van der Waals surface area contributed by atoms with Gasteiger partial charge in [0.05, 0.1) is 0 Å². The summed E-state index contributed by atoms with van der Waals surface area (Å²) in [6.45, 7) is 4.26. The molecule has 0 aliphatic carbocycles.